The summed E-state index contributed by atoms with van der Waals surface area (Å²) in [5.41, 5.74) is 1.11. The minimum Gasteiger partial charge on any atom is -0.387 e. The van der Waals surface area contributed by atoms with Crippen molar-refractivity contribution in [2.75, 3.05) is 11.9 Å². The molecule has 2 rings (SSSR count). The van der Waals surface area contributed by atoms with Crippen LogP contribution in [0.1, 0.15) is 11.7 Å². The van der Waals surface area contributed by atoms with E-state index < -0.39 is 6.10 Å². The van der Waals surface area contributed by atoms with Crippen molar-refractivity contribution in [2.24, 2.45) is 0 Å². The van der Waals surface area contributed by atoms with Crippen molar-refractivity contribution < 1.29 is 5.11 Å². The number of aliphatic hydroxyl groups excluding tert-OH is 1. The first-order valence-corrected chi connectivity index (χ1v) is 7.79. The predicted molar refractivity (Wildman–Crippen MR) is 91.4 cm³/mol. The standard InChI is InChI=1S/C14H10Cl5NO/c15-7-1-2-9(16)8(3-7)14(21)6-20-13-5-11(18)10(17)4-12(13)19/h1-5,14,20-21H,6H2. The van der Waals surface area contributed by atoms with E-state index in [9.17, 15) is 5.11 Å². The molecule has 0 bridgehead atoms. The fourth-order valence-electron chi connectivity index (χ4n) is 1.74. The molecule has 0 heterocycles. The Balaban J connectivity index is 2.12. The summed E-state index contributed by atoms with van der Waals surface area (Å²) < 4.78 is 0. The molecular weight excluding hydrogens is 375 g/mol. The maximum absolute atomic E-state index is 10.2. The first-order chi connectivity index (χ1) is 9.88. The first kappa shape index (κ1) is 17.0. The fourth-order valence-corrected chi connectivity index (χ4v) is 2.78. The van der Waals surface area contributed by atoms with Crippen LogP contribution in [0, 0.1) is 0 Å². The van der Waals surface area contributed by atoms with Crippen LogP contribution in [0.3, 0.4) is 0 Å². The molecule has 2 aromatic rings. The Morgan fingerprint density at radius 1 is 0.857 bits per heavy atom. The van der Waals surface area contributed by atoms with Gasteiger partial charge in [-0.2, -0.15) is 0 Å². The van der Waals surface area contributed by atoms with Crippen LogP contribution in [-0.2, 0) is 0 Å². The van der Waals surface area contributed by atoms with Gasteiger partial charge in [0.1, 0.15) is 0 Å². The largest absolute Gasteiger partial charge is 0.387 e. The molecule has 112 valence electrons. The van der Waals surface area contributed by atoms with E-state index in [0.717, 1.165) is 0 Å². The molecule has 0 aliphatic rings. The van der Waals surface area contributed by atoms with Gasteiger partial charge >= 0.3 is 0 Å². The molecule has 2 N–H and O–H groups in total. The predicted octanol–water partition coefficient (Wildman–Crippen LogP) is 6.10. The zero-order valence-corrected chi connectivity index (χ0v) is 14.3. The summed E-state index contributed by atoms with van der Waals surface area (Å²) in [5.74, 6) is 0. The number of halogens is 5. The molecule has 7 heteroatoms. The topological polar surface area (TPSA) is 32.3 Å². The summed E-state index contributed by atoms with van der Waals surface area (Å²) in [4.78, 5) is 0. The Morgan fingerprint density at radius 3 is 2.24 bits per heavy atom. The van der Waals surface area contributed by atoms with Gasteiger partial charge < -0.3 is 10.4 Å². The maximum Gasteiger partial charge on any atom is 0.0977 e. The third-order valence-corrected chi connectivity index (χ3v) is 4.43. The van der Waals surface area contributed by atoms with Crippen LogP contribution in [0.2, 0.25) is 25.1 Å². The summed E-state index contributed by atoms with van der Waals surface area (Å²) in [5, 5.41) is 15.3. The van der Waals surface area contributed by atoms with Crippen molar-refractivity contribution in [2.45, 2.75) is 6.10 Å². The molecule has 0 spiro atoms. The van der Waals surface area contributed by atoms with Crippen molar-refractivity contribution in [1.82, 2.24) is 0 Å². The molecule has 1 atom stereocenters. The van der Waals surface area contributed by atoms with Gasteiger partial charge in [-0.1, -0.05) is 58.0 Å². The van der Waals surface area contributed by atoms with Gasteiger partial charge in [-0.15, -0.1) is 0 Å². The SMILES string of the molecule is OC(CNc1cc(Cl)c(Cl)cc1Cl)c1cc(Cl)ccc1Cl. The molecule has 0 radical (unpaired) electrons. The minimum absolute atomic E-state index is 0.192. The lowest BCUT2D eigenvalue weighted by Gasteiger charge is -2.16. The molecule has 21 heavy (non-hydrogen) atoms. The Bertz CT molecular complexity index is 662. The van der Waals surface area contributed by atoms with Crippen molar-refractivity contribution >= 4 is 63.7 Å². The molecule has 0 fully saturated rings. The third kappa shape index (κ3) is 4.32. The van der Waals surface area contributed by atoms with E-state index in [-0.39, 0.29) is 6.54 Å². The molecule has 0 aliphatic heterocycles. The van der Waals surface area contributed by atoms with Gasteiger partial charge in [-0.3, -0.25) is 0 Å². The zero-order chi connectivity index (χ0) is 15.6. The molecule has 0 aliphatic carbocycles. The number of hydrogen-bond acceptors (Lipinski definition) is 2. The molecule has 0 amide bonds. The van der Waals surface area contributed by atoms with Gasteiger partial charge in [0.05, 0.1) is 26.9 Å². The van der Waals surface area contributed by atoms with Gasteiger partial charge in [0, 0.05) is 22.2 Å². The number of rotatable bonds is 4. The van der Waals surface area contributed by atoms with Crippen LogP contribution in [0.25, 0.3) is 0 Å². The summed E-state index contributed by atoms with van der Waals surface area (Å²) in [6.45, 7) is 0.192. The Kier molecular flexibility index (Phi) is 5.89. The molecule has 0 aromatic heterocycles. The highest BCUT2D eigenvalue weighted by Crippen LogP contribution is 2.33. The zero-order valence-electron chi connectivity index (χ0n) is 10.5. The fraction of sp³-hybridized carbons (Fsp3) is 0.143. The highest BCUT2D eigenvalue weighted by atomic mass is 35.5. The van der Waals surface area contributed by atoms with Crippen LogP contribution in [0.15, 0.2) is 30.3 Å². The first-order valence-electron chi connectivity index (χ1n) is 5.90. The average molecular weight is 386 g/mol. The molecule has 1 unspecified atom stereocenters. The summed E-state index contributed by atoms with van der Waals surface area (Å²) in [6.07, 6.45) is -0.846. The number of benzene rings is 2. The Hall–Kier alpha value is -0.350. The van der Waals surface area contributed by atoms with Crippen LogP contribution >= 0.6 is 58.0 Å². The Morgan fingerprint density at radius 2 is 1.52 bits per heavy atom. The van der Waals surface area contributed by atoms with Crippen molar-refractivity contribution in [3.63, 3.8) is 0 Å². The Labute approximate surface area is 147 Å². The summed E-state index contributed by atoms with van der Waals surface area (Å²) >= 11 is 29.8. The van der Waals surface area contributed by atoms with Crippen LogP contribution in [0.5, 0.6) is 0 Å². The molecule has 2 aromatic carbocycles. The van der Waals surface area contributed by atoms with Gasteiger partial charge in [0.2, 0.25) is 0 Å². The van der Waals surface area contributed by atoms with Crippen LogP contribution < -0.4 is 5.32 Å². The molecular formula is C14H10Cl5NO. The summed E-state index contributed by atoms with van der Waals surface area (Å²) in [7, 11) is 0. The number of aliphatic hydroxyl groups is 1. The van der Waals surface area contributed by atoms with Gasteiger partial charge in [0.15, 0.2) is 0 Å². The number of hydrogen-bond donors (Lipinski definition) is 2. The number of anilines is 1. The molecule has 0 saturated heterocycles. The monoisotopic (exact) mass is 383 g/mol. The van der Waals surface area contributed by atoms with Crippen molar-refractivity contribution in [3.05, 3.63) is 61.0 Å². The lowest BCUT2D eigenvalue weighted by Crippen LogP contribution is -2.13. The quantitative estimate of drug-likeness (QED) is 0.623. The maximum atomic E-state index is 10.2. The van der Waals surface area contributed by atoms with E-state index in [0.29, 0.717) is 36.4 Å². The van der Waals surface area contributed by atoms with Crippen LogP contribution in [-0.4, -0.2) is 11.7 Å². The van der Waals surface area contributed by atoms with E-state index in [2.05, 4.69) is 5.32 Å². The van der Waals surface area contributed by atoms with E-state index >= 15 is 0 Å². The highest BCUT2D eigenvalue weighted by molar-refractivity contribution is 6.44. The molecule has 0 saturated carbocycles. The molecule has 2 nitrogen and oxygen atoms in total. The minimum atomic E-state index is -0.846. The van der Waals surface area contributed by atoms with Gasteiger partial charge in [-0.05, 0) is 30.3 Å². The second kappa shape index (κ2) is 7.28. The highest BCUT2D eigenvalue weighted by Gasteiger charge is 2.13. The van der Waals surface area contributed by atoms with Gasteiger partial charge in [0.25, 0.3) is 0 Å². The lowest BCUT2D eigenvalue weighted by atomic mass is 10.1. The van der Waals surface area contributed by atoms with Gasteiger partial charge in [-0.25, -0.2) is 0 Å². The van der Waals surface area contributed by atoms with Crippen molar-refractivity contribution in [1.29, 1.82) is 0 Å². The van der Waals surface area contributed by atoms with Crippen LogP contribution in [0.4, 0.5) is 5.69 Å². The van der Waals surface area contributed by atoms with Crippen molar-refractivity contribution in [3.8, 4) is 0 Å². The van der Waals surface area contributed by atoms with E-state index in [1.807, 2.05) is 0 Å². The second-order valence-electron chi connectivity index (χ2n) is 4.31. The second-order valence-corrected chi connectivity index (χ2v) is 6.37. The average Bonchev–Trinajstić information content (AvgIpc) is 2.43. The normalized spacial score (nSPS) is 12.3. The van der Waals surface area contributed by atoms with E-state index in [1.165, 1.54) is 6.07 Å². The lowest BCUT2D eigenvalue weighted by molar-refractivity contribution is 0.192. The summed E-state index contributed by atoms with van der Waals surface area (Å²) in [6, 6.07) is 8.04. The van der Waals surface area contributed by atoms with E-state index in [1.54, 1.807) is 24.3 Å². The smallest absolute Gasteiger partial charge is 0.0977 e. The van der Waals surface area contributed by atoms with E-state index in [4.69, 9.17) is 58.0 Å². The third-order valence-electron chi connectivity index (χ3n) is 2.81. The number of nitrogens with one attached hydrogen (secondary N) is 1.